The van der Waals surface area contributed by atoms with Gasteiger partial charge in [0.1, 0.15) is 5.82 Å². The lowest BCUT2D eigenvalue weighted by Gasteiger charge is -2.31. The van der Waals surface area contributed by atoms with Crippen LogP contribution in [0.4, 0.5) is 9.18 Å². The minimum absolute atomic E-state index is 0.0848. The van der Waals surface area contributed by atoms with Crippen molar-refractivity contribution in [3.05, 3.63) is 35.6 Å². The summed E-state index contributed by atoms with van der Waals surface area (Å²) in [6.07, 6.45) is -0.664. The van der Waals surface area contributed by atoms with Crippen LogP contribution < -0.4 is 5.73 Å². The van der Waals surface area contributed by atoms with Gasteiger partial charge in [0.2, 0.25) is 5.79 Å². The Kier molecular flexibility index (Phi) is 5.06. The van der Waals surface area contributed by atoms with Gasteiger partial charge in [-0.1, -0.05) is 6.92 Å². The van der Waals surface area contributed by atoms with Crippen molar-refractivity contribution >= 4 is 6.09 Å². The summed E-state index contributed by atoms with van der Waals surface area (Å²) in [5, 5.41) is 0. The Morgan fingerprint density at radius 2 is 2.00 bits per heavy atom. The molecule has 18 heavy (non-hydrogen) atoms. The van der Waals surface area contributed by atoms with E-state index in [1.807, 2.05) is 0 Å². The summed E-state index contributed by atoms with van der Waals surface area (Å²) in [7, 11) is 1.44. The molecule has 0 aliphatic rings. The Labute approximate surface area is 105 Å². The molecule has 6 heteroatoms. The van der Waals surface area contributed by atoms with Crippen LogP contribution in [-0.4, -0.2) is 20.0 Å². The number of carbonyl (C=O) groups is 1. The van der Waals surface area contributed by atoms with Gasteiger partial charge in [0.25, 0.3) is 0 Å². The molecule has 0 unspecified atom stereocenters. The van der Waals surface area contributed by atoms with Crippen molar-refractivity contribution in [1.29, 1.82) is 0 Å². The summed E-state index contributed by atoms with van der Waals surface area (Å²) in [6, 6.07) is 5.44. The van der Waals surface area contributed by atoms with E-state index in [1.165, 1.54) is 31.4 Å². The van der Waals surface area contributed by atoms with Gasteiger partial charge in [-0.15, -0.1) is 0 Å². The van der Waals surface area contributed by atoms with E-state index in [1.54, 1.807) is 6.92 Å². The molecule has 1 rings (SSSR count). The van der Waals surface area contributed by atoms with Crippen LogP contribution >= 0.6 is 0 Å². The maximum absolute atomic E-state index is 12.9. The number of primary amides is 1. The molecule has 0 heterocycles. The van der Waals surface area contributed by atoms with E-state index in [-0.39, 0.29) is 6.79 Å². The zero-order valence-electron chi connectivity index (χ0n) is 10.3. The van der Waals surface area contributed by atoms with Gasteiger partial charge in [0, 0.05) is 19.1 Å². The molecule has 100 valence electrons. The summed E-state index contributed by atoms with van der Waals surface area (Å²) >= 11 is 0. The molecule has 0 aliphatic carbocycles. The van der Waals surface area contributed by atoms with Crippen LogP contribution in [0.25, 0.3) is 0 Å². The van der Waals surface area contributed by atoms with E-state index in [9.17, 15) is 9.18 Å². The fourth-order valence-corrected chi connectivity index (χ4v) is 1.57. The molecule has 0 bridgehead atoms. The minimum Gasteiger partial charge on any atom is -0.412 e. The van der Waals surface area contributed by atoms with Gasteiger partial charge in [-0.05, 0) is 24.3 Å². The second-order valence-corrected chi connectivity index (χ2v) is 3.59. The first-order valence-electron chi connectivity index (χ1n) is 5.41. The van der Waals surface area contributed by atoms with Crippen molar-refractivity contribution in [2.24, 2.45) is 5.73 Å². The highest BCUT2D eigenvalue weighted by Gasteiger charge is 2.35. The fourth-order valence-electron chi connectivity index (χ4n) is 1.57. The first-order chi connectivity index (χ1) is 8.54. The molecular formula is C12H16FNO4. The van der Waals surface area contributed by atoms with E-state index in [4.69, 9.17) is 19.9 Å². The number of carbonyl (C=O) groups excluding carboxylic acids is 1. The summed E-state index contributed by atoms with van der Waals surface area (Å²) in [4.78, 5) is 11.0. The third-order valence-corrected chi connectivity index (χ3v) is 2.42. The summed E-state index contributed by atoms with van der Waals surface area (Å²) in [6.45, 7) is 1.67. The lowest BCUT2D eigenvalue weighted by atomic mass is 10.0. The monoisotopic (exact) mass is 257 g/mol. The van der Waals surface area contributed by atoms with Gasteiger partial charge in [0.15, 0.2) is 6.79 Å². The Morgan fingerprint density at radius 3 is 2.44 bits per heavy atom. The number of nitrogens with two attached hydrogens (primary N) is 1. The normalized spacial score (nSPS) is 13.9. The van der Waals surface area contributed by atoms with Crippen LogP contribution in [-0.2, 0) is 20.0 Å². The number of methoxy groups -OCH3 is 1. The molecule has 0 spiro atoms. The van der Waals surface area contributed by atoms with Crippen LogP contribution in [0.1, 0.15) is 18.9 Å². The molecular weight excluding hydrogens is 241 g/mol. The number of hydrogen-bond acceptors (Lipinski definition) is 4. The van der Waals surface area contributed by atoms with Crippen molar-refractivity contribution < 1.29 is 23.4 Å². The topological polar surface area (TPSA) is 70.8 Å². The van der Waals surface area contributed by atoms with Crippen molar-refractivity contribution in [3.63, 3.8) is 0 Å². The highest BCUT2D eigenvalue weighted by atomic mass is 19.1. The molecule has 1 atom stereocenters. The van der Waals surface area contributed by atoms with Crippen molar-refractivity contribution in [2.75, 3.05) is 13.9 Å². The highest BCUT2D eigenvalue weighted by molar-refractivity contribution is 5.65. The number of hydrogen-bond donors (Lipinski definition) is 1. The predicted molar refractivity (Wildman–Crippen MR) is 62.0 cm³/mol. The van der Waals surface area contributed by atoms with E-state index >= 15 is 0 Å². The summed E-state index contributed by atoms with van der Waals surface area (Å²) in [5.41, 5.74) is 5.53. The average molecular weight is 257 g/mol. The van der Waals surface area contributed by atoms with Crippen molar-refractivity contribution in [1.82, 2.24) is 0 Å². The van der Waals surface area contributed by atoms with Crippen LogP contribution in [0.3, 0.4) is 0 Å². The largest absolute Gasteiger partial charge is 0.412 e. The first-order valence-corrected chi connectivity index (χ1v) is 5.41. The van der Waals surface area contributed by atoms with Gasteiger partial charge in [0.05, 0.1) is 0 Å². The Morgan fingerprint density at radius 1 is 1.39 bits per heavy atom. The van der Waals surface area contributed by atoms with E-state index in [0.29, 0.717) is 12.0 Å². The van der Waals surface area contributed by atoms with Gasteiger partial charge in [-0.25, -0.2) is 9.18 Å². The second-order valence-electron chi connectivity index (χ2n) is 3.59. The molecule has 1 aromatic rings. The molecule has 1 aromatic carbocycles. The minimum atomic E-state index is -1.37. The number of halogens is 1. The van der Waals surface area contributed by atoms with Gasteiger partial charge < -0.3 is 19.9 Å². The first kappa shape index (κ1) is 14.4. The number of benzene rings is 1. The quantitative estimate of drug-likeness (QED) is 0.792. The number of amides is 1. The SMILES string of the molecule is CC[C@](OCOC)(OC(N)=O)c1ccc(F)cc1. The third-order valence-electron chi connectivity index (χ3n) is 2.42. The van der Waals surface area contributed by atoms with E-state index < -0.39 is 17.7 Å². The number of ether oxygens (including phenoxy) is 3. The van der Waals surface area contributed by atoms with Crippen LogP contribution in [0.15, 0.2) is 24.3 Å². The Hall–Kier alpha value is -1.66. The summed E-state index contributed by atoms with van der Waals surface area (Å²) in [5.74, 6) is -1.76. The lowest BCUT2D eigenvalue weighted by molar-refractivity contribution is -0.249. The molecule has 0 saturated heterocycles. The molecule has 0 aliphatic heterocycles. The van der Waals surface area contributed by atoms with Crippen LogP contribution in [0, 0.1) is 5.82 Å². The van der Waals surface area contributed by atoms with E-state index in [0.717, 1.165) is 0 Å². The Bertz CT molecular complexity index is 396. The average Bonchev–Trinajstić information content (AvgIpc) is 2.35. The fraction of sp³-hybridized carbons (Fsp3) is 0.417. The highest BCUT2D eigenvalue weighted by Crippen LogP contribution is 2.31. The second kappa shape index (κ2) is 6.32. The molecule has 0 radical (unpaired) electrons. The van der Waals surface area contributed by atoms with E-state index in [2.05, 4.69) is 0 Å². The molecule has 5 nitrogen and oxygen atoms in total. The number of rotatable bonds is 6. The zero-order valence-corrected chi connectivity index (χ0v) is 10.3. The summed E-state index contributed by atoms with van der Waals surface area (Å²) < 4.78 is 28.1. The smallest absolute Gasteiger partial charge is 0.407 e. The van der Waals surface area contributed by atoms with Crippen LogP contribution in [0.5, 0.6) is 0 Å². The molecule has 0 aromatic heterocycles. The van der Waals surface area contributed by atoms with Crippen molar-refractivity contribution in [3.8, 4) is 0 Å². The molecule has 2 N–H and O–H groups in total. The molecule has 0 saturated carbocycles. The standard InChI is InChI=1S/C12H16FNO4/c1-3-12(17-8-16-2,18-11(14)15)9-4-6-10(13)7-5-9/h4-7H,3,8H2,1-2H3,(H2,14,15)/t12-/m0/s1. The maximum Gasteiger partial charge on any atom is 0.407 e. The van der Waals surface area contributed by atoms with Crippen molar-refractivity contribution in [2.45, 2.75) is 19.1 Å². The molecule has 1 amide bonds. The predicted octanol–water partition coefficient (Wildman–Crippen LogP) is 2.10. The molecule has 0 fully saturated rings. The van der Waals surface area contributed by atoms with Gasteiger partial charge >= 0.3 is 6.09 Å². The van der Waals surface area contributed by atoms with Gasteiger partial charge in [-0.3, -0.25) is 0 Å². The third kappa shape index (κ3) is 3.41. The van der Waals surface area contributed by atoms with Gasteiger partial charge in [-0.2, -0.15) is 0 Å². The zero-order chi connectivity index (χ0) is 13.6. The Balaban J connectivity index is 3.07. The van der Waals surface area contributed by atoms with Crippen LogP contribution in [0.2, 0.25) is 0 Å². The maximum atomic E-state index is 12.9. The lowest BCUT2D eigenvalue weighted by Crippen LogP contribution is -2.37.